The van der Waals surface area contributed by atoms with Crippen molar-refractivity contribution in [3.63, 3.8) is 0 Å². The van der Waals surface area contributed by atoms with Crippen molar-refractivity contribution in [2.24, 2.45) is 0 Å². The minimum Gasteiger partial charge on any atom is -0.454 e. The van der Waals surface area contributed by atoms with Crippen LogP contribution in [0.2, 0.25) is 0 Å². The summed E-state index contributed by atoms with van der Waals surface area (Å²) < 4.78 is 20.2. The molecule has 7 heteroatoms. The molecule has 0 bridgehead atoms. The smallest absolute Gasteiger partial charge is 0.275 e. The fraction of sp³-hybridized carbons (Fsp3) is 0.143. The molecule has 0 aliphatic heterocycles. The summed E-state index contributed by atoms with van der Waals surface area (Å²) in [6.07, 6.45) is 0. The number of alkyl halides is 1. The van der Waals surface area contributed by atoms with Crippen LogP contribution in [0.3, 0.4) is 0 Å². The second-order valence-corrected chi connectivity index (χ2v) is 5.50. The summed E-state index contributed by atoms with van der Waals surface area (Å²) in [6.45, 7) is 1.52. The molecule has 0 aliphatic rings. The number of nitro benzene ring substituents is 1. The van der Waals surface area contributed by atoms with Crippen molar-refractivity contribution in [2.75, 3.05) is 0 Å². The number of hydrogen-bond acceptors (Lipinski definition) is 3. The number of nitrogens with zero attached hydrogens (tertiary/aromatic N) is 1. The molecule has 2 rings (SSSR count). The van der Waals surface area contributed by atoms with Crippen molar-refractivity contribution in [1.29, 1.82) is 0 Å². The molecule has 0 radical (unpaired) electrons. The Morgan fingerprint density at radius 1 is 1.33 bits per heavy atom. The molecule has 0 atom stereocenters. The Hall–Kier alpha value is -1.66. The van der Waals surface area contributed by atoms with Crippen molar-refractivity contribution >= 4 is 33.2 Å². The van der Waals surface area contributed by atoms with Gasteiger partial charge in [0.15, 0.2) is 11.6 Å². The summed E-state index contributed by atoms with van der Waals surface area (Å²) in [4.78, 5) is 10.1. The Bertz CT molecular complexity index is 709. The Labute approximate surface area is 133 Å². The van der Waals surface area contributed by atoms with Gasteiger partial charge in [0.2, 0.25) is 0 Å². The average Bonchev–Trinajstić information content (AvgIpc) is 2.42. The molecular formula is C14H10BrClFNO3. The van der Waals surface area contributed by atoms with Gasteiger partial charge in [-0.25, -0.2) is 4.39 Å². The summed E-state index contributed by atoms with van der Waals surface area (Å²) in [5, 5.41) is 10.8. The first-order valence-electron chi connectivity index (χ1n) is 5.89. The Balaban J connectivity index is 2.43. The first-order chi connectivity index (χ1) is 9.92. The molecule has 110 valence electrons. The van der Waals surface area contributed by atoms with Crippen LogP contribution in [-0.2, 0) is 5.88 Å². The number of halogens is 3. The van der Waals surface area contributed by atoms with Gasteiger partial charge >= 0.3 is 0 Å². The maximum Gasteiger partial charge on any atom is 0.275 e. The predicted octanol–water partition coefficient (Wildman–Crippen LogP) is 5.34. The fourth-order valence-corrected chi connectivity index (χ4v) is 2.33. The summed E-state index contributed by atoms with van der Waals surface area (Å²) in [5.74, 6) is -0.280. The van der Waals surface area contributed by atoms with Crippen LogP contribution < -0.4 is 4.74 Å². The highest BCUT2D eigenvalue weighted by molar-refractivity contribution is 9.10. The van der Waals surface area contributed by atoms with Gasteiger partial charge in [-0.3, -0.25) is 10.1 Å². The van der Waals surface area contributed by atoms with E-state index < -0.39 is 10.7 Å². The molecule has 0 aliphatic carbocycles. The van der Waals surface area contributed by atoms with Gasteiger partial charge in [0.1, 0.15) is 5.75 Å². The first kappa shape index (κ1) is 15.7. The molecule has 2 aromatic carbocycles. The molecule has 0 N–H and O–H groups in total. The Morgan fingerprint density at radius 2 is 2.05 bits per heavy atom. The van der Waals surface area contributed by atoms with Crippen LogP contribution in [0, 0.1) is 22.9 Å². The van der Waals surface area contributed by atoms with E-state index in [4.69, 9.17) is 16.3 Å². The lowest BCUT2D eigenvalue weighted by Gasteiger charge is -2.11. The zero-order valence-corrected chi connectivity index (χ0v) is 13.2. The zero-order chi connectivity index (χ0) is 15.6. The van der Waals surface area contributed by atoms with Gasteiger partial charge in [-0.15, -0.1) is 11.6 Å². The molecule has 0 amide bonds. The van der Waals surface area contributed by atoms with Gasteiger partial charge in [-0.05, 0) is 25.1 Å². The van der Waals surface area contributed by atoms with E-state index in [-0.39, 0.29) is 17.3 Å². The van der Waals surface area contributed by atoms with Crippen LogP contribution in [0.15, 0.2) is 34.8 Å². The highest BCUT2D eigenvalue weighted by Crippen LogP contribution is 2.33. The third-order valence-corrected chi connectivity index (χ3v) is 3.62. The quantitative estimate of drug-likeness (QED) is 0.412. The maximum atomic E-state index is 13.9. The highest BCUT2D eigenvalue weighted by Gasteiger charge is 2.17. The molecule has 0 spiro atoms. The molecule has 0 unspecified atom stereocenters. The second kappa shape index (κ2) is 6.41. The number of aryl methyl sites for hydroxylation is 1. The van der Waals surface area contributed by atoms with Crippen LogP contribution in [0.1, 0.15) is 11.1 Å². The number of hydrogen-bond donors (Lipinski definition) is 0. The third kappa shape index (κ3) is 3.51. The minimum atomic E-state index is -0.798. The van der Waals surface area contributed by atoms with E-state index in [1.807, 2.05) is 0 Å². The van der Waals surface area contributed by atoms with Gasteiger partial charge in [0.25, 0.3) is 5.69 Å². The summed E-state index contributed by atoms with van der Waals surface area (Å²) in [7, 11) is 0. The number of rotatable bonds is 4. The molecule has 4 nitrogen and oxygen atoms in total. The molecule has 0 aromatic heterocycles. The summed E-state index contributed by atoms with van der Waals surface area (Å²) in [5.41, 5.74) is 0.723. The topological polar surface area (TPSA) is 52.4 Å². The Kier molecular flexibility index (Phi) is 4.80. The van der Waals surface area contributed by atoms with Crippen LogP contribution in [0.4, 0.5) is 10.1 Å². The van der Waals surface area contributed by atoms with Crippen molar-refractivity contribution in [2.45, 2.75) is 12.8 Å². The van der Waals surface area contributed by atoms with E-state index in [0.717, 1.165) is 10.5 Å². The summed E-state index contributed by atoms with van der Waals surface area (Å²) in [6, 6.07) is 7.36. The predicted molar refractivity (Wildman–Crippen MR) is 81.6 cm³/mol. The van der Waals surface area contributed by atoms with E-state index >= 15 is 0 Å². The monoisotopic (exact) mass is 373 g/mol. The lowest BCUT2D eigenvalue weighted by molar-refractivity contribution is -0.385. The third-order valence-electron chi connectivity index (χ3n) is 2.84. The standard InChI is InChI=1S/C14H10BrClFNO3/c1-8-4-14(11(17)6-12(8)18(19)20)21-13-5-10(15)3-2-9(13)7-16/h2-6H,7H2,1H3. The van der Waals surface area contributed by atoms with Crippen molar-refractivity contribution in [1.82, 2.24) is 0 Å². The van der Waals surface area contributed by atoms with E-state index in [0.29, 0.717) is 16.9 Å². The van der Waals surface area contributed by atoms with E-state index in [9.17, 15) is 14.5 Å². The van der Waals surface area contributed by atoms with Gasteiger partial charge in [-0.2, -0.15) is 0 Å². The summed E-state index contributed by atoms with van der Waals surface area (Å²) >= 11 is 9.11. The van der Waals surface area contributed by atoms with Crippen LogP contribution in [0.25, 0.3) is 0 Å². The lowest BCUT2D eigenvalue weighted by Crippen LogP contribution is -1.97. The fourth-order valence-electron chi connectivity index (χ4n) is 1.77. The molecule has 21 heavy (non-hydrogen) atoms. The highest BCUT2D eigenvalue weighted by atomic mass is 79.9. The maximum absolute atomic E-state index is 13.9. The van der Waals surface area contributed by atoms with Gasteiger partial charge < -0.3 is 4.74 Å². The van der Waals surface area contributed by atoms with Crippen molar-refractivity contribution in [3.05, 3.63) is 61.9 Å². The number of benzene rings is 2. The molecular weight excluding hydrogens is 365 g/mol. The molecule has 2 aromatic rings. The average molecular weight is 375 g/mol. The SMILES string of the molecule is Cc1cc(Oc2cc(Br)ccc2CCl)c(F)cc1[N+](=O)[O-]. The second-order valence-electron chi connectivity index (χ2n) is 4.31. The molecule has 0 fully saturated rings. The molecule has 0 heterocycles. The van der Waals surface area contributed by atoms with Crippen LogP contribution >= 0.6 is 27.5 Å². The van der Waals surface area contributed by atoms with Gasteiger partial charge in [-0.1, -0.05) is 22.0 Å². The normalized spacial score (nSPS) is 10.5. The van der Waals surface area contributed by atoms with Crippen molar-refractivity contribution in [3.8, 4) is 11.5 Å². The lowest BCUT2D eigenvalue weighted by atomic mass is 10.2. The number of nitro groups is 1. The molecule has 0 saturated carbocycles. The van der Waals surface area contributed by atoms with Crippen LogP contribution in [0.5, 0.6) is 11.5 Å². The van der Waals surface area contributed by atoms with Crippen molar-refractivity contribution < 1.29 is 14.1 Å². The van der Waals surface area contributed by atoms with Gasteiger partial charge in [0.05, 0.1) is 16.9 Å². The Morgan fingerprint density at radius 3 is 2.67 bits per heavy atom. The molecule has 0 saturated heterocycles. The minimum absolute atomic E-state index is 0.0810. The van der Waals surface area contributed by atoms with Gasteiger partial charge in [0, 0.05) is 15.6 Å². The zero-order valence-electron chi connectivity index (χ0n) is 10.9. The van der Waals surface area contributed by atoms with E-state index in [1.165, 1.54) is 13.0 Å². The van der Waals surface area contributed by atoms with E-state index in [1.54, 1.807) is 18.2 Å². The largest absolute Gasteiger partial charge is 0.454 e. The van der Waals surface area contributed by atoms with Crippen LogP contribution in [-0.4, -0.2) is 4.92 Å². The number of ether oxygens (including phenoxy) is 1. The van der Waals surface area contributed by atoms with E-state index in [2.05, 4.69) is 15.9 Å². The first-order valence-corrected chi connectivity index (χ1v) is 7.22.